The minimum absolute atomic E-state index is 0.331. The number of nitrogens with two attached hydrogens (primary N) is 1. The lowest BCUT2D eigenvalue weighted by Gasteiger charge is -2.32. The van der Waals surface area contributed by atoms with Gasteiger partial charge in [0.15, 0.2) is 0 Å². The van der Waals surface area contributed by atoms with Crippen LogP contribution in [0.5, 0.6) is 0 Å². The van der Waals surface area contributed by atoms with Gasteiger partial charge in [0.2, 0.25) is 0 Å². The summed E-state index contributed by atoms with van der Waals surface area (Å²) in [6.07, 6.45) is 2.44. The van der Waals surface area contributed by atoms with Crippen molar-refractivity contribution in [3.63, 3.8) is 0 Å². The first-order valence-corrected chi connectivity index (χ1v) is 6.58. The lowest BCUT2D eigenvalue weighted by molar-refractivity contribution is 0.180. The van der Waals surface area contributed by atoms with E-state index < -0.39 is 0 Å². The molecule has 2 unspecified atom stereocenters. The van der Waals surface area contributed by atoms with Crippen molar-refractivity contribution in [1.29, 1.82) is 0 Å². The highest BCUT2D eigenvalue weighted by Crippen LogP contribution is 2.22. The first-order chi connectivity index (χ1) is 8.10. The first-order valence-electron chi connectivity index (χ1n) is 6.58. The maximum atomic E-state index is 5.94. The van der Waals surface area contributed by atoms with Gasteiger partial charge in [-0.05, 0) is 32.9 Å². The van der Waals surface area contributed by atoms with Crippen molar-refractivity contribution in [1.82, 2.24) is 4.90 Å². The van der Waals surface area contributed by atoms with Gasteiger partial charge in [-0.15, -0.1) is 0 Å². The number of nitrogens with zero attached hydrogens (tertiary/aromatic N) is 1. The molecule has 0 aromatic heterocycles. The van der Waals surface area contributed by atoms with Crippen LogP contribution in [0, 0.1) is 6.92 Å². The molecule has 0 radical (unpaired) electrons. The normalized spacial score (nSPS) is 14.9. The fraction of sp³-hybridized carbons (Fsp3) is 0.600. The van der Waals surface area contributed by atoms with Crippen LogP contribution in [0.3, 0.4) is 0 Å². The zero-order valence-electron chi connectivity index (χ0n) is 11.6. The molecule has 1 rings (SSSR count). The number of likely N-dealkylation sites (N-methyl/N-ethyl adjacent to an activating group) is 1. The zero-order valence-corrected chi connectivity index (χ0v) is 11.6. The molecule has 0 saturated carbocycles. The smallest absolute Gasteiger partial charge is 0.0470 e. The van der Waals surface area contributed by atoms with Crippen LogP contribution in [0.1, 0.15) is 43.9 Å². The van der Waals surface area contributed by atoms with Crippen molar-refractivity contribution in [3.05, 3.63) is 35.4 Å². The maximum absolute atomic E-state index is 5.94. The van der Waals surface area contributed by atoms with Gasteiger partial charge < -0.3 is 5.73 Å². The summed E-state index contributed by atoms with van der Waals surface area (Å²) in [7, 11) is 2.18. The predicted octanol–water partition coefficient (Wildman–Crippen LogP) is 3.12. The van der Waals surface area contributed by atoms with Crippen LogP contribution < -0.4 is 5.73 Å². The van der Waals surface area contributed by atoms with Gasteiger partial charge in [-0.3, -0.25) is 4.90 Å². The molecule has 0 fully saturated rings. The number of hydrogen-bond donors (Lipinski definition) is 1. The summed E-state index contributed by atoms with van der Waals surface area (Å²) < 4.78 is 0. The highest BCUT2D eigenvalue weighted by atomic mass is 15.2. The molecule has 2 heteroatoms. The van der Waals surface area contributed by atoms with E-state index in [4.69, 9.17) is 5.73 Å². The standard InChI is InChI=1S/C15H26N2/c1-5-6-13(3)17(4)15(11-16)14-9-7-12(2)8-10-14/h7-10,13,15H,5-6,11,16H2,1-4H3. The molecule has 0 saturated heterocycles. The Kier molecular flexibility index (Phi) is 5.66. The van der Waals surface area contributed by atoms with E-state index in [-0.39, 0.29) is 0 Å². The minimum Gasteiger partial charge on any atom is -0.329 e. The topological polar surface area (TPSA) is 29.3 Å². The van der Waals surface area contributed by atoms with E-state index >= 15 is 0 Å². The Bertz CT molecular complexity index is 318. The molecule has 0 amide bonds. The van der Waals surface area contributed by atoms with Crippen LogP contribution in [0.2, 0.25) is 0 Å². The Morgan fingerprint density at radius 2 is 1.82 bits per heavy atom. The van der Waals surface area contributed by atoms with Gasteiger partial charge in [-0.1, -0.05) is 43.2 Å². The number of benzene rings is 1. The second kappa shape index (κ2) is 6.77. The Morgan fingerprint density at radius 3 is 2.29 bits per heavy atom. The van der Waals surface area contributed by atoms with Crippen LogP contribution >= 0.6 is 0 Å². The van der Waals surface area contributed by atoms with Gasteiger partial charge >= 0.3 is 0 Å². The van der Waals surface area contributed by atoms with E-state index in [1.165, 1.54) is 24.0 Å². The maximum Gasteiger partial charge on any atom is 0.0470 e. The number of hydrogen-bond acceptors (Lipinski definition) is 2. The number of rotatable bonds is 6. The summed E-state index contributed by atoms with van der Waals surface area (Å²) in [5.74, 6) is 0. The van der Waals surface area contributed by atoms with E-state index in [9.17, 15) is 0 Å². The van der Waals surface area contributed by atoms with Crippen LogP contribution in [0.15, 0.2) is 24.3 Å². The van der Waals surface area contributed by atoms with Crippen LogP contribution in [-0.2, 0) is 0 Å². The summed E-state index contributed by atoms with van der Waals surface area (Å²) >= 11 is 0. The molecule has 0 spiro atoms. The lowest BCUT2D eigenvalue weighted by Crippen LogP contribution is -2.36. The third kappa shape index (κ3) is 3.83. The second-order valence-electron chi connectivity index (χ2n) is 4.97. The quantitative estimate of drug-likeness (QED) is 0.819. The highest BCUT2D eigenvalue weighted by Gasteiger charge is 2.19. The molecule has 0 aliphatic carbocycles. The van der Waals surface area contributed by atoms with E-state index in [0.717, 1.165) is 0 Å². The van der Waals surface area contributed by atoms with Crippen molar-refractivity contribution in [2.24, 2.45) is 5.73 Å². The molecule has 0 heterocycles. The minimum atomic E-state index is 0.331. The van der Waals surface area contributed by atoms with Gasteiger partial charge in [0, 0.05) is 18.6 Å². The summed E-state index contributed by atoms with van der Waals surface area (Å²) in [5.41, 5.74) is 8.56. The lowest BCUT2D eigenvalue weighted by atomic mass is 10.0. The van der Waals surface area contributed by atoms with Gasteiger partial charge in [0.25, 0.3) is 0 Å². The largest absolute Gasteiger partial charge is 0.329 e. The van der Waals surface area contributed by atoms with Crippen LogP contribution in [-0.4, -0.2) is 24.5 Å². The highest BCUT2D eigenvalue weighted by molar-refractivity contribution is 5.24. The molecule has 2 nitrogen and oxygen atoms in total. The fourth-order valence-corrected chi connectivity index (χ4v) is 2.25. The van der Waals surface area contributed by atoms with E-state index in [1.807, 2.05) is 0 Å². The Labute approximate surface area is 106 Å². The Morgan fingerprint density at radius 1 is 1.24 bits per heavy atom. The summed E-state index contributed by atoms with van der Waals surface area (Å²) in [6.45, 7) is 7.30. The molecule has 0 aliphatic heterocycles. The summed E-state index contributed by atoms with van der Waals surface area (Å²) in [4.78, 5) is 2.40. The molecule has 96 valence electrons. The van der Waals surface area contributed by atoms with E-state index in [1.54, 1.807) is 0 Å². The SMILES string of the molecule is CCCC(C)N(C)C(CN)c1ccc(C)cc1. The Balaban J connectivity index is 2.79. The summed E-state index contributed by atoms with van der Waals surface area (Å²) in [5, 5.41) is 0. The van der Waals surface area contributed by atoms with Crippen molar-refractivity contribution in [2.45, 2.75) is 45.7 Å². The molecule has 0 bridgehead atoms. The molecule has 2 atom stereocenters. The monoisotopic (exact) mass is 234 g/mol. The first kappa shape index (κ1) is 14.2. The predicted molar refractivity (Wildman–Crippen MR) is 75.1 cm³/mol. The van der Waals surface area contributed by atoms with Gasteiger partial charge in [0.05, 0.1) is 0 Å². The summed E-state index contributed by atoms with van der Waals surface area (Å²) in [6, 6.07) is 9.63. The van der Waals surface area contributed by atoms with E-state index in [2.05, 4.69) is 57.0 Å². The van der Waals surface area contributed by atoms with Crippen molar-refractivity contribution in [2.75, 3.05) is 13.6 Å². The van der Waals surface area contributed by atoms with Gasteiger partial charge in [0.1, 0.15) is 0 Å². The van der Waals surface area contributed by atoms with Crippen LogP contribution in [0.25, 0.3) is 0 Å². The zero-order chi connectivity index (χ0) is 12.8. The Hall–Kier alpha value is -0.860. The van der Waals surface area contributed by atoms with Crippen molar-refractivity contribution in [3.8, 4) is 0 Å². The molecule has 17 heavy (non-hydrogen) atoms. The van der Waals surface area contributed by atoms with Gasteiger partial charge in [-0.2, -0.15) is 0 Å². The van der Waals surface area contributed by atoms with Crippen LogP contribution in [0.4, 0.5) is 0 Å². The molecule has 0 aliphatic rings. The third-order valence-corrected chi connectivity index (χ3v) is 3.58. The average Bonchev–Trinajstić information content (AvgIpc) is 2.32. The van der Waals surface area contributed by atoms with Crippen molar-refractivity contribution >= 4 is 0 Å². The molecular weight excluding hydrogens is 208 g/mol. The van der Waals surface area contributed by atoms with Crippen molar-refractivity contribution < 1.29 is 0 Å². The second-order valence-corrected chi connectivity index (χ2v) is 4.97. The third-order valence-electron chi connectivity index (χ3n) is 3.58. The molecule has 1 aromatic carbocycles. The van der Waals surface area contributed by atoms with Gasteiger partial charge in [-0.25, -0.2) is 0 Å². The number of aryl methyl sites for hydroxylation is 1. The van der Waals surface area contributed by atoms with E-state index in [0.29, 0.717) is 18.6 Å². The fourth-order valence-electron chi connectivity index (χ4n) is 2.25. The molecular formula is C15H26N2. The average molecular weight is 234 g/mol. The molecule has 1 aromatic rings. The molecule has 2 N–H and O–H groups in total.